The average Bonchev–Trinajstić information content (AvgIpc) is 2.44. The van der Waals surface area contributed by atoms with Crippen LogP contribution in [0.3, 0.4) is 0 Å². The van der Waals surface area contributed by atoms with Gasteiger partial charge in [0.2, 0.25) is 5.91 Å². The number of carbonyl (C=O) groups excluding carboxylic acids is 1. The molecule has 0 saturated heterocycles. The molecule has 2 nitrogen and oxygen atoms in total. The topological polar surface area (TPSA) is 43.1 Å². The third kappa shape index (κ3) is 0.934. The van der Waals surface area contributed by atoms with Crippen molar-refractivity contribution in [3.05, 3.63) is 0 Å². The van der Waals surface area contributed by atoms with Gasteiger partial charge < -0.3 is 5.73 Å². The fourth-order valence-corrected chi connectivity index (χ4v) is 1.24. The number of amides is 1. The summed E-state index contributed by atoms with van der Waals surface area (Å²) in [7, 11) is 0. The van der Waals surface area contributed by atoms with Crippen LogP contribution < -0.4 is 5.73 Å². The van der Waals surface area contributed by atoms with Gasteiger partial charge in [0.1, 0.15) is 0 Å². The van der Waals surface area contributed by atoms with Gasteiger partial charge in [-0.1, -0.05) is 13.8 Å². The molecule has 0 aromatic heterocycles. The third-order valence-corrected chi connectivity index (χ3v) is 2.50. The molecule has 0 bridgehead atoms. The zero-order valence-electron chi connectivity index (χ0n) is 5.98. The number of nitrogens with two attached hydrogens (primary N) is 1. The van der Waals surface area contributed by atoms with Gasteiger partial charge >= 0.3 is 0 Å². The maximum Gasteiger partial charge on any atom is 0.221 e. The van der Waals surface area contributed by atoms with E-state index in [9.17, 15) is 4.79 Å². The largest absolute Gasteiger partial charge is 0.369 e. The summed E-state index contributed by atoms with van der Waals surface area (Å²) in [5, 5.41) is 0. The molecule has 1 saturated carbocycles. The Morgan fingerprint density at radius 3 is 2.56 bits per heavy atom. The zero-order chi connectivity index (χ0) is 7.07. The molecule has 0 unspecified atom stereocenters. The molecule has 1 aliphatic rings. The first-order chi connectivity index (χ1) is 4.10. The van der Waals surface area contributed by atoms with Crippen LogP contribution in [0.15, 0.2) is 0 Å². The van der Waals surface area contributed by atoms with Crippen LogP contribution in [-0.4, -0.2) is 5.91 Å². The molecule has 0 aromatic rings. The summed E-state index contributed by atoms with van der Waals surface area (Å²) in [6.07, 6.45) is 2.07. The molecule has 1 aliphatic carbocycles. The average molecular weight is 127 g/mol. The van der Waals surface area contributed by atoms with Crippen molar-refractivity contribution in [3.63, 3.8) is 0 Å². The van der Waals surface area contributed by atoms with Gasteiger partial charge in [-0.05, 0) is 18.3 Å². The van der Waals surface area contributed by atoms with Crippen molar-refractivity contribution in [1.82, 2.24) is 0 Å². The maximum absolute atomic E-state index is 10.6. The third-order valence-electron chi connectivity index (χ3n) is 2.50. The Labute approximate surface area is 55.4 Å². The van der Waals surface area contributed by atoms with Crippen molar-refractivity contribution < 1.29 is 4.79 Å². The van der Waals surface area contributed by atoms with Crippen LogP contribution in [-0.2, 0) is 4.79 Å². The fourth-order valence-electron chi connectivity index (χ4n) is 1.24. The van der Waals surface area contributed by atoms with E-state index >= 15 is 0 Å². The van der Waals surface area contributed by atoms with Gasteiger partial charge in [-0.3, -0.25) is 4.79 Å². The summed E-state index contributed by atoms with van der Waals surface area (Å²) in [6.45, 7) is 4.21. The lowest BCUT2D eigenvalue weighted by Crippen LogP contribution is -2.16. The Kier molecular flexibility index (Phi) is 1.26. The number of hydrogen-bond acceptors (Lipinski definition) is 1. The summed E-state index contributed by atoms with van der Waals surface area (Å²) in [4.78, 5) is 10.6. The summed E-state index contributed by atoms with van der Waals surface area (Å²) < 4.78 is 0. The molecule has 1 fully saturated rings. The second kappa shape index (κ2) is 1.72. The first-order valence-corrected chi connectivity index (χ1v) is 3.39. The van der Waals surface area contributed by atoms with E-state index < -0.39 is 0 Å². The summed E-state index contributed by atoms with van der Waals surface area (Å²) >= 11 is 0. The first kappa shape index (κ1) is 6.59. The predicted molar refractivity (Wildman–Crippen MR) is 35.7 cm³/mol. The Balaban J connectivity index is 2.48. The molecule has 0 aromatic carbocycles. The minimum absolute atomic E-state index is 0.126. The van der Waals surface area contributed by atoms with Crippen LogP contribution in [0, 0.1) is 11.3 Å². The summed E-state index contributed by atoms with van der Waals surface area (Å²) in [5.74, 6) is 0.0434. The SMILES string of the molecule is CC[C@@]1(C)C[C@@H]1C(N)=O. The monoisotopic (exact) mass is 127 g/mol. The minimum atomic E-state index is -0.126. The van der Waals surface area contributed by atoms with Crippen LogP contribution >= 0.6 is 0 Å². The van der Waals surface area contributed by atoms with Gasteiger partial charge in [-0.25, -0.2) is 0 Å². The minimum Gasteiger partial charge on any atom is -0.369 e. The van der Waals surface area contributed by atoms with Crippen LogP contribution in [0.2, 0.25) is 0 Å². The number of hydrogen-bond donors (Lipinski definition) is 1. The lowest BCUT2D eigenvalue weighted by atomic mass is 10.0. The van der Waals surface area contributed by atoms with Crippen molar-refractivity contribution in [2.75, 3.05) is 0 Å². The second-order valence-corrected chi connectivity index (χ2v) is 3.17. The number of rotatable bonds is 2. The normalized spacial score (nSPS) is 40.4. The number of primary amides is 1. The molecular weight excluding hydrogens is 114 g/mol. The van der Waals surface area contributed by atoms with Gasteiger partial charge in [-0.15, -0.1) is 0 Å². The van der Waals surface area contributed by atoms with E-state index in [0.717, 1.165) is 12.8 Å². The van der Waals surface area contributed by atoms with E-state index in [1.54, 1.807) is 0 Å². The Hall–Kier alpha value is -0.530. The molecule has 52 valence electrons. The van der Waals surface area contributed by atoms with Crippen LogP contribution in [0.25, 0.3) is 0 Å². The Bertz CT molecular complexity index is 144. The Morgan fingerprint density at radius 1 is 1.89 bits per heavy atom. The highest BCUT2D eigenvalue weighted by Crippen LogP contribution is 2.54. The van der Waals surface area contributed by atoms with Crippen molar-refractivity contribution in [1.29, 1.82) is 0 Å². The van der Waals surface area contributed by atoms with Crippen LogP contribution in [0.4, 0.5) is 0 Å². The maximum atomic E-state index is 10.6. The lowest BCUT2D eigenvalue weighted by Gasteiger charge is -2.02. The smallest absolute Gasteiger partial charge is 0.221 e. The highest BCUT2D eigenvalue weighted by atomic mass is 16.1. The molecule has 2 atom stereocenters. The van der Waals surface area contributed by atoms with Crippen molar-refractivity contribution >= 4 is 5.91 Å². The molecule has 2 heteroatoms. The molecule has 0 heterocycles. The van der Waals surface area contributed by atoms with Crippen molar-refractivity contribution in [2.45, 2.75) is 26.7 Å². The van der Waals surface area contributed by atoms with Crippen LogP contribution in [0.1, 0.15) is 26.7 Å². The molecular formula is C7H13NO. The standard InChI is InChI=1S/C7H13NO/c1-3-7(2)4-5(7)6(8)9/h5H,3-4H2,1-2H3,(H2,8,9)/t5-,7+/m1/s1. The fraction of sp³-hybridized carbons (Fsp3) is 0.857. The van der Waals surface area contributed by atoms with Gasteiger partial charge in [-0.2, -0.15) is 0 Å². The van der Waals surface area contributed by atoms with Crippen molar-refractivity contribution in [2.24, 2.45) is 17.1 Å². The molecule has 9 heavy (non-hydrogen) atoms. The molecule has 0 aliphatic heterocycles. The van der Waals surface area contributed by atoms with Gasteiger partial charge in [0.05, 0.1) is 0 Å². The molecule has 0 spiro atoms. The van der Waals surface area contributed by atoms with Crippen molar-refractivity contribution in [3.8, 4) is 0 Å². The van der Waals surface area contributed by atoms with E-state index in [2.05, 4.69) is 13.8 Å². The first-order valence-electron chi connectivity index (χ1n) is 3.39. The van der Waals surface area contributed by atoms with E-state index in [1.165, 1.54) is 0 Å². The summed E-state index contributed by atoms with van der Waals surface area (Å²) in [6, 6.07) is 0. The predicted octanol–water partition coefficient (Wildman–Crippen LogP) is 0.908. The lowest BCUT2D eigenvalue weighted by molar-refractivity contribution is -0.119. The zero-order valence-corrected chi connectivity index (χ0v) is 5.98. The van der Waals surface area contributed by atoms with E-state index in [-0.39, 0.29) is 17.2 Å². The molecule has 0 radical (unpaired) electrons. The van der Waals surface area contributed by atoms with Gasteiger partial charge in [0.25, 0.3) is 0 Å². The van der Waals surface area contributed by atoms with Crippen LogP contribution in [0.5, 0.6) is 0 Å². The van der Waals surface area contributed by atoms with E-state index in [0.29, 0.717) is 0 Å². The molecule has 2 N–H and O–H groups in total. The summed E-state index contributed by atoms with van der Waals surface area (Å²) in [5.41, 5.74) is 5.37. The quantitative estimate of drug-likeness (QED) is 0.588. The number of carbonyl (C=O) groups is 1. The van der Waals surface area contributed by atoms with E-state index in [1.807, 2.05) is 0 Å². The van der Waals surface area contributed by atoms with E-state index in [4.69, 9.17) is 5.73 Å². The highest BCUT2D eigenvalue weighted by Gasteiger charge is 2.51. The molecule has 1 amide bonds. The highest BCUT2D eigenvalue weighted by molar-refractivity contribution is 5.80. The second-order valence-electron chi connectivity index (χ2n) is 3.17. The molecule has 1 rings (SSSR count). The van der Waals surface area contributed by atoms with Gasteiger partial charge in [0.15, 0.2) is 0 Å². The Morgan fingerprint density at radius 2 is 2.44 bits per heavy atom. The van der Waals surface area contributed by atoms with Gasteiger partial charge in [0, 0.05) is 5.92 Å².